The number of aliphatic carboxylic acids is 1. The first-order chi connectivity index (χ1) is 10.5. The third kappa shape index (κ3) is 3.02. The minimum atomic E-state index is -0.839. The van der Waals surface area contributed by atoms with E-state index in [2.05, 4.69) is 19.2 Å². The molecule has 0 radical (unpaired) electrons. The van der Waals surface area contributed by atoms with Gasteiger partial charge >= 0.3 is 5.97 Å². The first kappa shape index (κ1) is 15.5. The molecule has 2 heterocycles. The van der Waals surface area contributed by atoms with Crippen LogP contribution >= 0.6 is 11.3 Å². The van der Waals surface area contributed by atoms with Crippen LogP contribution in [0.1, 0.15) is 55.6 Å². The smallest absolute Gasteiger partial charge is 0.307 e. The monoisotopic (exact) mass is 322 g/mol. The number of hydrogen-bond acceptors (Lipinski definition) is 4. The molecular formula is C16H22N2O3S. The van der Waals surface area contributed by atoms with Crippen molar-refractivity contribution < 1.29 is 14.7 Å². The average Bonchev–Trinajstić information content (AvgIpc) is 3.15. The van der Waals surface area contributed by atoms with Crippen molar-refractivity contribution in [2.45, 2.75) is 44.9 Å². The molecule has 0 unspecified atom stereocenters. The fourth-order valence-electron chi connectivity index (χ4n) is 3.11. The lowest BCUT2D eigenvalue weighted by atomic mass is 9.98. The molecule has 3 rings (SSSR count). The molecule has 1 saturated heterocycles. The van der Waals surface area contributed by atoms with Crippen LogP contribution < -0.4 is 0 Å². The predicted octanol–water partition coefficient (Wildman–Crippen LogP) is 2.69. The SMILES string of the molecule is CC(C)c1csc([C@@H]2CCCN(C(=O)[C@@H]3C[C@@H]3C(=O)O)C2)n1. The molecule has 1 saturated carbocycles. The molecule has 0 aromatic carbocycles. The highest BCUT2D eigenvalue weighted by atomic mass is 32.1. The summed E-state index contributed by atoms with van der Waals surface area (Å²) in [5.74, 6) is -0.837. The largest absolute Gasteiger partial charge is 0.481 e. The Morgan fingerprint density at radius 2 is 2.18 bits per heavy atom. The molecule has 1 aliphatic heterocycles. The van der Waals surface area contributed by atoms with Crippen molar-refractivity contribution >= 4 is 23.2 Å². The second-order valence-corrected chi connectivity index (χ2v) is 7.57. The van der Waals surface area contributed by atoms with E-state index in [0.29, 0.717) is 24.8 Å². The number of hydrogen-bond donors (Lipinski definition) is 1. The van der Waals surface area contributed by atoms with Gasteiger partial charge in [-0.15, -0.1) is 11.3 Å². The summed E-state index contributed by atoms with van der Waals surface area (Å²) in [5.41, 5.74) is 1.12. The third-order valence-corrected chi connectivity index (χ3v) is 5.66. The van der Waals surface area contributed by atoms with Gasteiger partial charge in [0.05, 0.1) is 22.5 Å². The lowest BCUT2D eigenvalue weighted by Crippen LogP contribution is -2.40. The zero-order valence-electron chi connectivity index (χ0n) is 13.0. The summed E-state index contributed by atoms with van der Waals surface area (Å²) in [6.45, 7) is 5.71. The Balaban J connectivity index is 1.64. The predicted molar refractivity (Wildman–Crippen MR) is 84.0 cm³/mol. The van der Waals surface area contributed by atoms with Crippen LogP contribution in [0.4, 0.5) is 0 Å². The van der Waals surface area contributed by atoms with Gasteiger partial charge in [0, 0.05) is 24.4 Å². The lowest BCUT2D eigenvalue weighted by Gasteiger charge is -2.32. The molecular weight excluding hydrogens is 300 g/mol. The summed E-state index contributed by atoms with van der Waals surface area (Å²) in [6, 6.07) is 0. The Hall–Kier alpha value is -1.43. The zero-order valence-corrected chi connectivity index (χ0v) is 13.8. The minimum Gasteiger partial charge on any atom is -0.481 e. The summed E-state index contributed by atoms with van der Waals surface area (Å²) in [5, 5.41) is 12.2. The maximum absolute atomic E-state index is 12.4. The number of carbonyl (C=O) groups excluding carboxylic acids is 1. The van der Waals surface area contributed by atoms with Gasteiger partial charge in [0.1, 0.15) is 0 Å². The van der Waals surface area contributed by atoms with E-state index in [0.717, 1.165) is 30.1 Å². The maximum atomic E-state index is 12.4. The third-order valence-electron chi connectivity index (χ3n) is 4.64. The fraction of sp³-hybridized carbons (Fsp3) is 0.688. The highest BCUT2D eigenvalue weighted by molar-refractivity contribution is 7.09. The molecule has 1 amide bonds. The van der Waals surface area contributed by atoms with Crippen molar-refractivity contribution in [3.8, 4) is 0 Å². The van der Waals surface area contributed by atoms with Gasteiger partial charge in [0.2, 0.25) is 5.91 Å². The van der Waals surface area contributed by atoms with Crippen LogP contribution in [0, 0.1) is 11.8 Å². The van der Waals surface area contributed by atoms with E-state index in [1.54, 1.807) is 11.3 Å². The number of aromatic nitrogens is 1. The van der Waals surface area contributed by atoms with Crippen LogP contribution in [0.5, 0.6) is 0 Å². The molecule has 2 aliphatic rings. The lowest BCUT2D eigenvalue weighted by molar-refractivity contribution is -0.142. The van der Waals surface area contributed by atoms with Crippen LogP contribution in [0.2, 0.25) is 0 Å². The van der Waals surface area contributed by atoms with E-state index in [1.807, 2.05) is 4.90 Å². The quantitative estimate of drug-likeness (QED) is 0.925. The van der Waals surface area contributed by atoms with Crippen LogP contribution in [-0.4, -0.2) is 40.0 Å². The molecule has 1 aromatic rings. The van der Waals surface area contributed by atoms with Gasteiger partial charge in [-0.25, -0.2) is 4.98 Å². The van der Waals surface area contributed by atoms with Gasteiger partial charge in [0.25, 0.3) is 0 Å². The molecule has 1 aliphatic carbocycles. The van der Waals surface area contributed by atoms with E-state index >= 15 is 0 Å². The number of piperidine rings is 1. The summed E-state index contributed by atoms with van der Waals surface area (Å²) >= 11 is 1.68. The van der Waals surface area contributed by atoms with E-state index < -0.39 is 11.9 Å². The van der Waals surface area contributed by atoms with Crippen LogP contribution in [0.15, 0.2) is 5.38 Å². The molecule has 3 atom stereocenters. The van der Waals surface area contributed by atoms with Gasteiger partial charge in [0.15, 0.2) is 0 Å². The number of carbonyl (C=O) groups is 2. The topological polar surface area (TPSA) is 70.5 Å². The van der Waals surface area contributed by atoms with Crippen molar-refractivity contribution in [1.82, 2.24) is 9.88 Å². The number of nitrogens with zero attached hydrogens (tertiary/aromatic N) is 2. The molecule has 22 heavy (non-hydrogen) atoms. The first-order valence-corrected chi connectivity index (χ1v) is 8.82. The second kappa shape index (κ2) is 5.99. The van der Waals surface area contributed by atoms with E-state index in [4.69, 9.17) is 10.1 Å². The summed E-state index contributed by atoms with van der Waals surface area (Å²) in [7, 11) is 0. The van der Waals surface area contributed by atoms with Gasteiger partial charge < -0.3 is 10.0 Å². The number of likely N-dealkylation sites (tertiary alicyclic amines) is 1. The van der Waals surface area contributed by atoms with Crippen LogP contribution in [0.3, 0.4) is 0 Å². The van der Waals surface area contributed by atoms with E-state index in [9.17, 15) is 9.59 Å². The number of thiazole rings is 1. The van der Waals surface area contributed by atoms with Gasteiger partial charge in [-0.2, -0.15) is 0 Å². The number of amides is 1. The Kier molecular flexibility index (Phi) is 4.21. The standard InChI is InChI=1S/C16H22N2O3S/c1-9(2)13-8-22-14(17-13)10-4-3-5-18(7-10)15(19)11-6-12(11)16(20)21/h8-12H,3-7H2,1-2H3,(H,20,21)/t10-,11-,12+/m1/s1. The number of carboxylic acids is 1. The normalized spacial score (nSPS) is 28.0. The summed E-state index contributed by atoms with van der Waals surface area (Å²) in [4.78, 5) is 29.9. The van der Waals surface area contributed by atoms with Gasteiger partial charge in [-0.05, 0) is 25.2 Å². The molecule has 5 nitrogen and oxygen atoms in total. The average molecular weight is 322 g/mol. The Morgan fingerprint density at radius 1 is 1.41 bits per heavy atom. The molecule has 2 fully saturated rings. The van der Waals surface area contributed by atoms with Gasteiger partial charge in [-0.1, -0.05) is 13.8 Å². The van der Waals surface area contributed by atoms with Crippen LogP contribution in [-0.2, 0) is 9.59 Å². The molecule has 1 aromatic heterocycles. The van der Waals surface area contributed by atoms with Gasteiger partial charge in [-0.3, -0.25) is 9.59 Å². The Labute approximate surface area is 134 Å². The van der Waals surface area contributed by atoms with Crippen molar-refractivity contribution in [3.05, 3.63) is 16.1 Å². The van der Waals surface area contributed by atoms with E-state index in [1.165, 1.54) is 0 Å². The Bertz CT molecular complexity index is 584. The van der Waals surface area contributed by atoms with Crippen molar-refractivity contribution in [1.29, 1.82) is 0 Å². The van der Waals surface area contributed by atoms with Crippen LogP contribution in [0.25, 0.3) is 0 Å². The molecule has 1 N–H and O–H groups in total. The van der Waals surface area contributed by atoms with E-state index in [-0.39, 0.29) is 11.8 Å². The molecule has 120 valence electrons. The maximum Gasteiger partial charge on any atom is 0.307 e. The highest BCUT2D eigenvalue weighted by Gasteiger charge is 2.50. The van der Waals surface area contributed by atoms with Crippen molar-refractivity contribution in [2.24, 2.45) is 11.8 Å². The number of rotatable bonds is 4. The molecule has 0 bridgehead atoms. The minimum absolute atomic E-state index is 0.0257. The summed E-state index contributed by atoms with van der Waals surface area (Å²) in [6.07, 6.45) is 2.53. The fourth-order valence-corrected chi connectivity index (χ4v) is 4.22. The van der Waals surface area contributed by atoms with Crippen molar-refractivity contribution in [2.75, 3.05) is 13.1 Å². The number of carboxylic acid groups (broad SMARTS) is 1. The first-order valence-electron chi connectivity index (χ1n) is 7.94. The van der Waals surface area contributed by atoms with Crippen molar-refractivity contribution in [3.63, 3.8) is 0 Å². The highest BCUT2D eigenvalue weighted by Crippen LogP contribution is 2.41. The Morgan fingerprint density at radius 3 is 2.77 bits per heavy atom. The molecule has 6 heteroatoms. The second-order valence-electron chi connectivity index (χ2n) is 6.68. The molecule has 0 spiro atoms. The summed E-state index contributed by atoms with van der Waals surface area (Å²) < 4.78 is 0. The zero-order chi connectivity index (χ0) is 15.9.